The van der Waals surface area contributed by atoms with Crippen molar-refractivity contribution >= 4 is 17.5 Å². The van der Waals surface area contributed by atoms with E-state index in [0.717, 1.165) is 11.1 Å². The smallest absolute Gasteiger partial charge is 0.412 e. The number of aromatic hydroxyl groups is 2. The SMILES string of the molecule is CC(C)(C)OC(=O)Nc1ccc(OCc2ccccc2)cc1O.Nc1ccc(OCc2ccccc2)cc1O. The summed E-state index contributed by atoms with van der Waals surface area (Å²) in [6.07, 6.45) is -0.620. The lowest BCUT2D eigenvalue weighted by molar-refractivity contribution is 0.0635. The van der Waals surface area contributed by atoms with Gasteiger partial charge in [0.15, 0.2) is 0 Å². The van der Waals surface area contributed by atoms with Crippen LogP contribution in [-0.4, -0.2) is 21.9 Å². The van der Waals surface area contributed by atoms with Crippen LogP contribution in [-0.2, 0) is 18.0 Å². The highest BCUT2D eigenvalue weighted by molar-refractivity contribution is 5.87. The second kappa shape index (κ2) is 13.6. The second-order valence-electron chi connectivity index (χ2n) is 9.58. The molecule has 0 saturated heterocycles. The summed E-state index contributed by atoms with van der Waals surface area (Å²) in [5.41, 5.74) is 7.63. The van der Waals surface area contributed by atoms with Crippen molar-refractivity contribution in [3.63, 3.8) is 0 Å². The van der Waals surface area contributed by atoms with Gasteiger partial charge in [-0.2, -0.15) is 0 Å². The molecule has 4 aromatic carbocycles. The first-order valence-corrected chi connectivity index (χ1v) is 12.3. The molecule has 0 aromatic heterocycles. The number of hydrogen-bond acceptors (Lipinski definition) is 7. The molecule has 0 fully saturated rings. The van der Waals surface area contributed by atoms with Gasteiger partial charge in [0.25, 0.3) is 0 Å². The van der Waals surface area contributed by atoms with E-state index in [2.05, 4.69) is 5.32 Å². The summed E-state index contributed by atoms with van der Waals surface area (Å²) in [6, 6.07) is 29.1. The third kappa shape index (κ3) is 10.2. The fraction of sp³-hybridized carbons (Fsp3) is 0.194. The van der Waals surface area contributed by atoms with E-state index in [1.807, 2.05) is 60.7 Å². The Balaban J connectivity index is 0.000000230. The number of phenols is 2. The van der Waals surface area contributed by atoms with E-state index in [0.29, 0.717) is 30.4 Å². The first-order chi connectivity index (χ1) is 18.6. The normalized spacial score (nSPS) is 10.5. The van der Waals surface area contributed by atoms with Gasteiger partial charge in [0.05, 0.1) is 11.4 Å². The predicted octanol–water partition coefficient (Wildman–Crippen LogP) is 6.87. The summed E-state index contributed by atoms with van der Waals surface area (Å²) < 4.78 is 16.3. The van der Waals surface area contributed by atoms with Gasteiger partial charge in [0.1, 0.15) is 41.8 Å². The maximum Gasteiger partial charge on any atom is 0.412 e. The number of anilines is 2. The molecule has 0 spiro atoms. The number of amides is 1. The Hall–Kier alpha value is -4.85. The summed E-state index contributed by atoms with van der Waals surface area (Å²) in [5.74, 6) is 1.09. The van der Waals surface area contributed by atoms with Crippen molar-refractivity contribution in [2.24, 2.45) is 0 Å². The number of nitrogens with one attached hydrogen (secondary N) is 1. The molecule has 0 atom stereocenters. The maximum atomic E-state index is 11.7. The topological polar surface area (TPSA) is 123 Å². The molecule has 1 amide bonds. The van der Waals surface area contributed by atoms with Crippen molar-refractivity contribution in [1.29, 1.82) is 0 Å². The van der Waals surface area contributed by atoms with Crippen LogP contribution in [0.3, 0.4) is 0 Å². The molecule has 0 aliphatic carbocycles. The molecule has 0 heterocycles. The number of nitrogen functional groups attached to an aromatic ring is 1. The molecule has 8 nitrogen and oxygen atoms in total. The minimum atomic E-state index is -0.620. The molecule has 0 saturated carbocycles. The standard InChI is InChI=1S/C18H21NO4.C13H13NO2/c1-18(2,3)23-17(21)19-15-10-9-14(11-16(15)20)22-12-13-7-5-4-6-8-13;14-12-7-6-11(8-13(12)15)16-9-10-4-2-1-3-5-10/h4-11,20H,12H2,1-3H3,(H,19,21);1-8,15H,9,14H2. The summed E-state index contributed by atoms with van der Waals surface area (Å²) in [4.78, 5) is 11.7. The fourth-order valence-electron chi connectivity index (χ4n) is 3.22. The Bertz CT molecular complexity index is 1340. The van der Waals surface area contributed by atoms with Crippen molar-refractivity contribution in [3.05, 3.63) is 108 Å². The number of rotatable bonds is 7. The van der Waals surface area contributed by atoms with E-state index >= 15 is 0 Å². The van der Waals surface area contributed by atoms with Gasteiger partial charge in [-0.25, -0.2) is 4.79 Å². The molecule has 0 aliphatic heterocycles. The Kier molecular flexibility index (Phi) is 10.0. The van der Waals surface area contributed by atoms with E-state index in [9.17, 15) is 15.0 Å². The average molecular weight is 531 g/mol. The second-order valence-corrected chi connectivity index (χ2v) is 9.58. The highest BCUT2D eigenvalue weighted by Crippen LogP contribution is 2.29. The molecular formula is C31H34N2O6. The largest absolute Gasteiger partial charge is 0.506 e. The third-order valence-electron chi connectivity index (χ3n) is 5.10. The number of ether oxygens (including phenoxy) is 3. The lowest BCUT2D eigenvalue weighted by Crippen LogP contribution is -2.27. The van der Waals surface area contributed by atoms with Crippen molar-refractivity contribution in [3.8, 4) is 23.0 Å². The number of carbonyl (C=O) groups is 1. The van der Waals surface area contributed by atoms with Gasteiger partial charge in [-0.05, 0) is 56.2 Å². The summed E-state index contributed by atoms with van der Waals surface area (Å²) in [6.45, 7) is 6.19. The van der Waals surface area contributed by atoms with Gasteiger partial charge < -0.3 is 30.2 Å². The van der Waals surface area contributed by atoms with E-state index in [1.165, 1.54) is 12.1 Å². The quantitative estimate of drug-likeness (QED) is 0.152. The Morgan fingerprint density at radius 2 is 1.23 bits per heavy atom. The van der Waals surface area contributed by atoms with Crippen LogP contribution < -0.4 is 20.5 Å². The van der Waals surface area contributed by atoms with Gasteiger partial charge >= 0.3 is 6.09 Å². The number of carbonyl (C=O) groups excluding carboxylic acids is 1. The zero-order valence-corrected chi connectivity index (χ0v) is 22.3. The van der Waals surface area contributed by atoms with Crippen LogP contribution in [0.1, 0.15) is 31.9 Å². The summed E-state index contributed by atoms with van der Waals surface area (Å²) in [5, 5.41) is 21.9. The van der Waals surface area contributed by atoms with Crippen molar-refractivity contribution in [2.45, 2.75) is 39.6 Å². The number of hydrogen-bond donors (Lipinski definition) is 4. The highest BCUT2D eigenvalue weighted by atomic mass is 16.6. The van der Waals surface area contributed by atoms with Gasteiger partial charge in [0, 0.05) is 12.1 Å². The molecule has 4 rings (SSSR count). The van der Waals surface area contributed by atoms with Crippen molar-refractivity contribution in [2.75, 3.05) is 11.1 Å². The Labute approximate surface area is 228 Å². The summed E-state index contributed by atoms with van der Waals surface area (Å²) in [7, 11) is 0. The molecule has 204 valence electrons. The van der Waals surface area contributed by atoms with Crippen LogP contribution in [0.15, 0.2) is 97.1 Å². The molecule has 0 aliphatic rings. The van der Waals surface area contributed by atoms with Crippen LogP contribution >= 0.6 is 0 Å². The molecule has 4 aromatic rings. The molecule has 0 bridgehead atoms. The van der Waals surface area contributed by atoms with E-state index in [4.69, 9.17) is 19.9 Å². The first kappa shape index (κ1) is 28.7. The predicted molar refractivity (Wildman–Crippen MR) is 152 cm³/mol. The maximum absolute atomic E-state index is 11.7. The van der Waals surface area contributed by atoms with Crippen LogP contribution in [0.5, 0.6) is 23.0 Å². The molecule has 5 N–H and O–H groups in total. The van der Waals surface area contributed by atoms with Crippen molar-refractivity contribution < 1.29 is 29.2 Å². The van der Waals surface area contributed by atoms with E-state index in [-0.39, 0.29) is 17.2 Å². The van der Waals surface area contributed by atoms with Crippen molar-refractivity contribution in [1.82, 2.24) is 0 Å². The zero-order chi connectivity index (χ0) is 28.3. The highest BCUT2D eigenvalue weighted by Gasteiger charge is 2.17. The van der Waals surface area contributed by atoms with Crippen LogP contribution in [0.2, 0.25) is 0 Å². The number of benzene rings is 4. The van der Waals surface area contributed by atoms with Gasteiger partial charge in [-0.15, -0.1) is 0 Å². The number of phenolic OH excluding ortho intramolecular Hbond substituents is 2. The molecule has 0 unspecified atom stereocenters. The number of nitrogens with two attached hydrogens (primary N) is 1. The van der Waals surface area contributed by atoms with Gasteiger partial charge in [-0.3, -0.25) is 5.32 Å². The Morgan fingerprint density at radius 1 is 0.744 bits per heavy atom. The lowest BCUT2D eigenvalue weighted by Gasteiger charge is -2.20. The minimum absolute atomic E-state index is 0.0468. The van der Waals surface area contributed by atoms with Gasteiger partial charge in [-0.1, -0.05) is 60.7 Å². The van der Waals surface area contributed by atoms with Crippen LogP contribution in [0.25, 0.3) is 0 Å². The molecule has 0 radical (unpaired) electrons. The minimum Gasteiger partial charge on any atom is -0.506 e. The van der Waals surface area contributed by atoms with Gasteiger partial charge in [0.2, 0.25) is 0 Å². The zero-order valence-electron chi connectivity index (χ0n) is 22.3. The third-order valence-corrected chi connectivity index (χ3v) is 5.10. The molecule has 8 heteroatoms. The van der Waals surface area contributed by atoms with Crippen LogP contribution in [0, 0.1) is 0 Å². The Morgan fingerprint density at radius 3 is 1.69 bits per heavy atom. The molecule has 39 heavy (non-hydrogen) atoms. The van der Waals surface area contributed by atoms with E-state index < -0.39 is 11.7 Å². The summed E-state index contributed by atoms with van der Waals surface area (Å²) >= 11 is 0. The van der Waals surface area contributed by atoms with E-state index in [1.54, 1.807) is 45.0 Å². The first-order valence-electron chi connectivity index (χ1n) is 12.3. The lowest BCUT2D eigenvalue weighted by atomic mass is 10.2. The fourth-order valence-corrected chi connectivity index (χ4v) is 3.22. The van der Waals surface area contributed by atoms with Crippen LogP contribution in [0.4, 0.5) is 16.2 Å². The molecular weight excluding hydrogens is 496 g/mol. The average Bonchev–Trinajstić information content (AvgIpc) is 2.90. The monoisotopic (exact) mass is 530 g/mol.